The van der Waals surface area contributed by atoms with Gasteiger partial charge in [0.15, 0.2) is 17.5 Å². The summed E-state index contributed by atoms with van der Waals surface area (Å²) in [5.41, 5.74) is 0.166. The Morgan fingerprint density at radius 1 is 1.15 bits per heavy atom. The first-order chi connectivity index (χ1) is 5.95. The second-order valence-corrected chi connectivity index (χ2v) is 3.89. The Morgan fingerprint density at radius 3 is 2.15 bits per heavy atom. The lowest BCUT2D eigenvalue weighted by molar-refractivity contribution is 0.437. The van der Waals surface area contributed by atoms with Gasteiger partial charge in [-0.1, -0.05) is 29.8 Å². The highest BCUT2D eigenvalue weighted by molar-refractivity contribution is 9.10. The van der Waals surface area contributed by atoms with Crippen LogP contribution in [0.4, 0.5) is 13.2 Å². The minimum absolute atomic E-state index is 0.166. The molecule has 0 amide bonds. The number of rotatable bonds is 1. The van der Waals surface area contributed by atoms with Crippen molar-refractivity contribution < 1.29 is 13.2 Å². The summed E-state index contributed by atoms with van der Waals surface area (Å²) in [4.78, 5) is 0. The molecule has 0 saturated heterocycles. The largest absolute Gasteiger partial charge is 0.204 e. The lowest BCUT2D eigenvalue weighted by Gasteiger charge is -2.10. The molecule has 0 aliphatic carbocycles. The van der Waals surface area contributed by atoms with Crippen molar-refractivity contribution in [3.63, 3.8) is 0 Å². The molecule has 0 fully saturated rings. The van der Waals surface area contributed by atoms with Crippen LogP contribution in [0.2, 0.25) is 0 Å². The van der Waals surface area contributed by atoms with E-state index in [0.717, 1.165) is 6.07 Å². The molecule has 0 aliphatic rings. The molecular formula is C9H8BrF3. The second kappa shape index (κ2) is 3.70. The summed E-state index contributed by atoms with van der Waals surface area (Å²) >= 11 is 2.99. The zero-order chi connectivity index (χ0) is 10.2. The molecular weight excluding hydrogens is 245 g/mol. The van der Waals surface area contributed by atoms with Crippen molar-refractivity contribution in [1.82, 2.24) is 0 Å². The summed E-state index contributed by atoms with van der Waals surface area (Å²) in [6.07, 6.45) is 0. The van der Waals surface area contributed by atoms with Crippen LogP contribution in [0, 0.1) is 17.5 Å². The lowest BCUT2D eigenvalue weighted by Crippen LogP contribution is -2.01. The van der Waals surface area contributed by atoms with Crippen LogP contribution in [-0.2, 0) is 0 Å². The van der Waals surface area contributed by atoms with Gasteiger partial charge < -0.3 is 0 Å². The molecule has 1 rings (SSSR count). The summed E-state index contributed by atoms with van der Waals surface area (Å²) in [6, 6.07) is 0.938. The average molecular weight is 253 g/mol. The molecule has 0 heterocycles. The zero-order valence-corrected chi connectivity index (χ0v) is 8.75. The Balaban J connectivity index is 3.44. The molecule has 0 radical (unpaired) electrons. The fraction of sp³-hybridized carbons (Fsp3) is 0.333. The van der Waals surface area contributed by atoms with Gasteiger partial charge in [0.1, 0.15) is 0 Å². The van der Waals surface area contributed by atoms with E-state index in [9.17, 15) is 13.2 Å². The quantitative estimate of drug-likeness (QED) is 0.524. The molecule has 0 aliphatic heterocycles. The molecule has 13 heavy (non-hydrogen) atoms. The Bertz CT molecular complexity index is 334. The first kappa shape index (κ1) is 10.6. The molecule has 0 nitrogen and oxygen atoms in total. The molecule has 0 spiro atoms. The molecule has 0 saturated carbocycles. The van der Waals surface area contributed by atoms with Gasteiger partial charge in [0, 0.05) is 10.0 Å². The van der Waals surface area contributed by atoms with Gasteiger partial charge >= 0.3 is 0 Å². The average Bonchev–Trinajstić information content (AvgIpc) is 1.99. The molecule has 4 heteroatoms. The normalized spacial score (nSPS) is 11.0. The Kier molecular flexibility index (Phi) is 3.01. The van der Waals surface area contributed by atoms with Crippen molar-refractivity contribution in [2.75, 3.05) is 0 Å². The summed E-state index contributed by atoms with van der Waals surface area (Å²) in [5, 5.41) is 0. The molecule has 1 aromatic carbocycles. The first-order valence-corrected chi connectivity index (χ1v) is 4.57. The van der Waals surface area contributed by atoms with E-state index in [1.165, 1.54) is 0 Å². The molecule has 0 bridgehead atoms. The van der Waals surface area contributed by atoms with E-state index < -0.39 is 17.5 Å². The van der Waals surface area contributed by atoms with E-state index in [4.69, 9.17) is 0 Å². The Hall–Kier alpha value is -0.510. The third-order valence-corrected chi connectivity index (χ3v) is 2.38. The van der Waals surface area contributed by atoms with Crippen LogP contribution in [0.5, 0.6) is 0 Å². The van der Waals surface area contributed by atoms with Crippen molar-refractivity contribution >= 4 is 15.9 Å². The van der Waals surface area contributed by atoms with E-state index in [0.29, 0.717) is 0 Å². The van der Waals surface area contributed by atoms with Crippen molar-refractivity contribution in [3.05, 3.63) is 33.6 Å². The maximum Gasteiger partial charge on any atom is 0.194 e. The van der Waals surface area contributed by atoms with E-state index in [1.807, 2.05) is 0 Å². The molecule has 0 N–H and O–H groups in total. The third kappa shape index (κ3) is 1.88. The summed E-state index contributed by atoms with van der Waals surface area (Å²) in [6.45, 7) is 3.42. The molecule has 0 atom stereocenters. The minimum atomic E-state index is -1.41. The minimum Gasteiger partial charge on any atom is -0.204 e. The monoisotopic (exact) mass is 252 g/mol. The zero-order valence-electron chi connectivity index (χ0n) is 7.17. The van der Waals surface area contributed by atoms with E-state index >= 15 is 0 Å². The maximum absolute atomic E-state index is 13.1. The van der Waals surface area contributed by atoms with Gasteiger partial charge in [0.25, 0.3) is 0 Å². The predicted molar refractivity (Wildman–Crippen MR) is 48.1 cm³/mol. The van der Waals surface area contributed by atoms with Crippen LogP contribution in [0.3, 0.4) is 0 Å². The van der Waals surface area contributed by atoms with Crippen molar-refractivity contribution in [1.29, 1.82) is 0 Å². The first-order valence-electron chi connectivity index (χ1n) is 3.78. The van der Waals surface area contributed by atoms with Crippen LogP contribution >= 0.6 is 15.9 Å². The molecule has 0 unspecified atom stereocenters. The van der Waals surface area contributed by atoms with Crippen molar-refractivity contribution in [2.45, 2.75) is 19.8 Å². The summed E-state index contributed by atoms with van der Waals surface area (Å²) in [7, 11) is 0. The van der Waals surface area contributed by atoms with Gasteiger partial charge in [-0.3, -0.25) is 0 Å². The van der Waals surface area contributed by atoms with Gasteiger partial charge in [-0.25, -0.2) is 13.2 Å². The van der Waals surface area contributed by atoms with Crippen LogP contribution in [0.1, 0.15) is 25.3 Å². The number of hydrogen-bond donors (Lipinski definition) is 0. The summed E-state index contributed by atoms with van der Waals surface area (Å²) < 4.78 is 38.8. The Morgan fingerprint density at radius 2 is 1.69 bits per heavy atom. The van der Waals surface area contributed by atoms with Gasteiger partial charge in [-0.05, 0) is 12.0 Å². The second-order valence-electron chi connectivity index (χ2n) is 3.04. The summed E-state index contributed by atoms with van der Waals surface area (Å²) in [5.74, 6) is -3.88. The van der Waals surface area contributed by atoms with Crippen LogP contribution < -0.4 is 0 Å². The lowest BCUT2D eigenvalue weighted by atomic mass is 10.0. The third-order valence-electron chi connectivity index (χ3n) is 1.73. The Labute approximate surface area is 82.9 Å². The smallest absolute Gasteiger partial charge is 0.194 e. The van der Waals surface area contributed by atoms with E-state index in [-0.39, 0.29) is 16.0 Å². The highest BCUT2D eigenvalue weighted by atomic mass is 79.9. The van der Waals surface area contributed by atoms with Gasteiger partial charge in [-0.15, -0.1) is 0 Å². The van der Waals surface area contributed by atoms with Gasteiger partial charge in [0.05, 0.1) is 0 Å². The fourth-order valence-electron chi connectivity index (χ4n) is 1.11. The standard InChI is InChI=1S/C9H8BrF3/c1-4(2)7-5(10)3-6(11)8(12)9(7)13/h3-4H,1-2H3. The van der Waals surface area contributed by atoms with Gasteiger partial charge in [-0.2, -0.15) is 0 Å². The number of benzene rings is 1. The highest BCUT2D eigenvalue weighted by Crippen LogP contribution is 2.30. The van der Waals surface area contributed by atoms with Crippen LogP contribution in [0.15, 0.2) is 10.5 Å². The maximum atomic E-state index is 13.1. The number of hydrogen-bond acceptors (Lipinski definition) is 0. The topological polar surface area (TPSA) is 0 Å². The van der Waals surface area contributed by atoms with Gasteiger partial charge in [0.2, 0.25) is 0 Å². The molecule has 0 aromatic heterocycles. The number of halogens is 4. The van der Waals surface area contributed by atoms with Crippen molar-refractivity contribution in [3.8, 4) is 0 Å². The fourth-order valence-corrected chi connectivity index (χ4v) is 1.94. The molecule has 72 valence electrons. The molecule has 1 aromatic rings. The van der Waals surface area contributed by atoms with Crippen LogP contribution in [-0.4, -0.2) is 0 Å². The van der Waals surface area contributed by atoms with E-state index in [1.54, 1.807) is 13.8 Å². The van der Waals surface area contributed by atoms with Crippen molar-refractivity contribution in [2.24, 2.45) is 0 Å². The SMILES string of the molecule is CC(C)c1c(Br)cc(F)c(F)c1F. The predicted octanol–water partition coefficient (Wildman–Crippen LogP) is 3.99. The van der Waals surface area contributed by atoms with E-state index in [2.05, 4.69) is 15.9 Å². The highest BCUT2D eigenvalue weighted by Gasteiger charge is 2.19. The van der Waals surface area contributed by atoms with Crippen LogP contribution in [0.25, 0.3) is 0 Å².